The van der Waals surface area contributed by atoms with Crippen molar-refractivity contribution >= 4 is 0 Å². The molecular formula is C8H9N3O2. The maximum absolute atomic E-state index is 5.34. The van der Waals surface area contributed by atoms with E-state index in [-0.39, 0.29) is 0 Å². The van der Waals surface area contributed by atoms with Crippen molar-refractivity contribution in [1.29, 1.82) is 0 Å². The van der Waals surface area contributed by atoms with Gasteiger partial charge in [-0.15, -0.1) is 10.2 Å². The van der Waals surface area contributed by atoms with Crippen LogP contribution in [-0.2, 0) is 6.42 Å². The average molecular weight is 179 g/mol. The van der Waals surface area contributed by atoms with E-state index in [1.165, 1.54) is 0 Å². The Morgan fingerprint density at radius 3 is 3.00 bits per heavy atom. The first kappa shape index (κ1) is 8.00. The SMILES string of the molecule is NCCc1nnc(-c2ccco2)o1. The first-order valence-corrected chi connectivity index (χ1v) is 3.96. The highest BCUT2D eigenvalue weighted by Crippen LogP contribution is 2.17. The van der Waals surface area contributed by atoms with Crippen LogP contribution >= 0.6 is 0 Å². The van der Waals surface area contributed by atoms with Gasteiger partial charge in [0.15, 0.2) is 5.76 Å². The van der Waals surface area contributed by atoms with Gasteiger partial charge in [0.2, 0.25) is 5.89 Å². The third-order valence-electron chi connectivity index (χ3n) is 1.56. The first-order chi connectivity index (χ1) is 6.40. The molecule has 2 heterocycles. The van der Waals surface area contributed by atoms with Gasteiger partial charge in [0.05, 0.1) is 6.26 Å². The van der Waals surface area contributed by atoms with Crippen LogP contribution < -0.4 is 5.73 Å². The Balaban J connectivity index is 2.23. The van der Waals surface area contributed by atoms with Crippen LogP contribution in [0.4, 0.5) is 0 Å². The normalized spacial score (nSPS) is 10.5. The number of aromatic nitrogens is 2. The zero-order valence-corrected chi connectivity index (χ0v) is 6.93. The monoisotopic (exact) mass is 179 g/mol. The molecule has 0 bridgehead atoms. The maximum atomic E-state index is 5.34. The van der Waals surface area contributed by atoms with Crippen LogP contribution in [-0.4, -0.2) is 16.7 Å². The lowest BCUT2D eigenvalue weighted by molar-refractivity contribution is 0.481. The van der Waals surface area contributed by atoms with Crippen LogP contribution in [0.25, 0.3) is 11.7 Å². The first-order valence-electron chi connectivity index (χ1n) is 3.96. The van der Waals surface area contributed by atoms with Crippen molar-refractivity contribution in [2.45, 2.75) is 6.42 Å². The topological polar surface area (TPSA) is 78.1 Å². The van der Waals surface area contributed by atoms with Crippen LogP contribution in [0.15, 0.2) is 27.2 Å². The molecule has 0 amide bonds. The summed E-state index contributed by atoms with van der Waals surface area (Å²) < 4.78 is 10.4. The molecule has 2 aromatic rings. The molecule has 68 valence electrons. The van der Waals surface area contributed by atoms with Gasteiger partial charge in [0, 0.05) is 13.0 Å². The zero-order valence-electron chi connectivity index (χ0n) is 6.93. The standard InChI is InChI=1S/C8H9N3O2/c9-4-3-7-10-11-8(13-7)6-2-1-5-12-6/h1-2,5H,3-4,9H2. The van der Waals surface area contributed by atoms with Crippen molar-refractivity contribution < 1.29 is 8.83 Å². The predicted molar refractivity (Wildman–Crippen MR) is 44.8 cm³/mol. The lowest BCUT2D eigenvalue weighted by Gasteiger charge is -1.86. The summed E-state index contributed by atoms with van der Waals surface area (Å²) in [5.74, 6) is 1.51. The lowest BCUT2D eigenvalue weighted by atomic mass is 10.4. The maximum Gasteiger partial charge on any atom is 0.283 e. The molecule has 2 N–H and O–H groups in total. The van der Waals surface area contributed by atoms with Gasteiger partial charge in [-0.2, -0.15) is 0 Å². The molecule has 13 heavy (non-hydrogen) atoms. The predicted octanol–water partition coefficient (Wildman–Crippen LogP) is 0.831. The van der Waals surface area contributed by atoms with Crippen molar-refractivity contribution in [2.24, 2.45) is 5.73 Å². The van der Waals surface area contributed by atoms with E-state index >= 15 is 0 Å². The number of hydrogen-bond donors (Lipinski definition) is 1. The average Bonchev–Trinajstić information content (AvgIpc) is 2.70. The number of nitrogens with two attached hydrogens (primary N) is 1. The van der Waals surface area contributed by atoms with Crippen LogP contribution in [0.1, 0.15) is 5.89 Å². The van der Waals surface area contributed by atoms with Crippen LogP contribution in [0, 0.1) is 0 Å². The number of nitrogens with zero attached hydrogens (tertiary/aromatic N) is 2. The van der Waals surface area contributed by atoms with E-state index in [9.17, 15) is 0 Å². The van der Waals surface area contributed by atoms with E-state index < -0.39 is 0 Å². The van der Waals surface area contributed by atoms with E-state index in [1.54, 1.807) is 18.4 Å². The summed E-state index contributed by atoms with van der Waals surface area (Å²) in [6.07, 6.45) is 2.15. The molecule has 0 atom stereocenters. The third kappa shape index (κ3) is 1.59. The van der Waals surface area contributed by atoms with Crippen LogP contribution in [0.2, 0.25) is 0 Å². The summed E-state index contributed by atoms with van der Waals surface area (Å²) in [5.41, 5.74) is 5.34. The number of furan rings is 1. The molecule has 0 aliphatic heterocycles. The highest BCUT2D eigenvalue weighted by molar-refractivity contribution is 5.42. The number of hydrogen-bond acceptors (Lipinski definition) is 5. The Morgan fingerprint density at radius 2 is 2.31 bits per heavy atom. The Kier molecular flexibility index (Phi) is 2.09. The fourth-order valence-electron chi connectivity index (χ4n) is 0.978. The summed E-state index contributed by atoms with van der Waals surface area (Å²) in [4.78, 5) is 0. The highest BCUT2D eigenvalue weighted by atomic mass is 16.4. The molecule has 0 saturated carbocycles. The fraction of sp³-hybridized carbons (Fsp3) is 0.250. The second-order valence-corrected chi connectivity index (χ2v) is 2.52. The summed E-state index contributed by atoms with van der Waals surface area (Å²) in [5, 5.41) is 7.62. The Labute approximate surface area is 74.6 Å². The quantitative estimate of drug-likeness (QED) is 0.755. The fourth-order valence-corrected chi connectivity index (χ4v) is 0.978. The van der Waals surface area contributed by atoms with Crippen molar-refractivity contribution in [1.82, 2.24) is 10.2 Å². The molecule has 0 radical (unpaired) electrons. The van der Waals surface area contributed by atoms with Crippen molar-refractivity contribution in [2.75, 3.05) is 6.54 Å². The van der Waals surface area contributed by atoms with Crippen molar-refractivity contribution in [3.05, 3.63) is 24.3 Å². The van der Waals surface area contributed by atoms with Gasteiger partial charge < -0.3 is 14.6 Å². The van der Waals surface area contributed by atoms with E-state index in [4.69, 9.17) is 14.6 Å². The minimum atomic E-state index is 0.397. The minimum Gasteiger partial charge on any atom is -0.459 e. The lowest BCUT2D eigenvalue weighted by Crippen LogP contribution is -2.02. The minimum absolute atomic E-state index is 0.397. The molecule has 5 heteroatoms. The van der Waals surface area contributed by atoms with Crippen LogP contribution in [0.3, 0.4) is 0 Å². The molecule has 0 unspecified atom stereocenters. The van der Waals surface area contributed by atoms with Gasteiger partial charge in [0.1, 0.15) is 0 Å². The molecule has 0 saturated heterocycles. The van der Waals surface area contributed by atoms with E-state index in [0.29, 0.717) is 30.5 Å². The highest BCUT2D eigenvalue weighted by Gasteiger charge is 2.09. The van der Waals surface area contributed by atoms with Gasteiger partial charge in [-0.25, -0.2) is 0 Å². The Bertz CT molecular complexity index is 366. The zero-order chi connectivity index (χ0) is 9.10. The molecule has 2 aromatic heterocycles. The molecule has 5 nitrogen and oxygen atoms in total. The Morgan fingerprint density at radius 1 is 1.38 bits per heavy atom. The van der Waals surface area contributed by atoms with E-state index in [2.05, 4.69) is 10.2 Å². The summed E-state index contributed by atoms with van der Waals surface area (Å²) in [6, 6.07) is 3.53. The molecule has 0 aromatic carbocycles. The smallest absolute Gasteiger partial charge is 0.283 e. The second kappa shape index (κ2) is 3.40. The molecule has 0 aliphatic rings. The third-order valence-corrected chi connectivity index (χ3v) is 1.56. The van der Waals surface area contributed by atoms with Gasteiger partial charge in [-0.05, 0) is 12.1 Å². The molecule has 0 fully saturated rings. The molecule has 0 spiro atoms. The summed E-state index contributed by atoms with van der Waals surface area (Å²) in [6.45, 7) is 0.500. The van der Waals surface area contributed by atoms with Gasteiger partial charge in [0.25, 0.3) is 5.89 Å². The van der Waals surface area contributed by atoms with E-state index in [1.807, 2.05) is 0 Å². The van der Waals surface area contributed by atoms with Crippen molar-refractivity contribution in [3.63, 3.8) is 0 Å². The van der Waals surface area contributed by atoms with Gasteiger partial charge in [-0.3, -0.25) is 0 Å². The second-order valence-electron chi connectivity index (χ2n) is 2.52. The molecule has 0 aliphatic carbocycles. The van der Waals surface area contributed by atoms with Crippen molar-refractivity contribution in [3.8, 4) is 11.7 Å². The number of rotatable bonds is 3. The van der Waals surface area contributed by atoms with Crippen LogP contribution in [0.5, 0.6) is 0 Å². The summed E-state index contributed by atoms with van der Waals surface area (Å²) >= 11 is 0. The van der Waals surface area contributed by atoms with E-state index in [0.717, 1.165) is 0 Å². The molecular weight excluding hydrogens is 170 g/mol. The molecule has 2 rings (SSSR count). The van der Waals surface area contributed by atoms with Gasteiger partial charge >= 0.3 is 0 Å². The summed E-state index contributed by atoms with van der Waals surface area (Å²) in [7, 11) is 0. The largest absolute Gasteiger partial charge is 0.459 e. The Hall–Kier alpha value is -1.62. The van der Waals surface area contributed by atoms with Gasteiger partial charge in [-0.1, -0.05) is 0 Å².